The number of carbonyl (C=O) groups excluding carboxylic acids is 2. The Labute approximate surface area is 147 Å². The smallest absolute Gasteiger partial charge is 0.322 e. The van der Waals surface area contributed by atoms with E-state index in [2.05, 4.69) is 10.6 Å². The fraction of sp³-hybridized carbons (Fsp3) is 0.111. The number of carboxylic acids is 2. The molecule has 0 unspecified atom stereocenters. The highest BCUT2D eigenvalue weighted by Crippen LogP contribution is 2.30. The van der Waals surface area contributed by atoms with Crippen LogP contribution >= 0.6 is 0 Å². The predicted octanol–water partition coefficient (Wildman–Crippen LogP) is 1.46. The molecule has 2 aromatic carbocycles. The number of anilines is 2. The molecule has 8 heteroatoms. The van der Waals surface area contributed by atoms with Crippen molar-refractivity contribution in [2.45, 2.75) is 0 Å². The second-order valence-corrected chi connectivity index (χ2v) is 5.67. The second-order valence-electron chi connectivity index (χ2n) is 5.67. The van der Waals surface area contributed by atoms with Gasteiger partial charge in [-0.2, -0.15) is 0 Å². The van der Waals surface area contributed by atoms with Crippen molar-refractivity contribution >= 4 is 34.9 Å². The Morgan fingerprint density at radius 2 is 1.08 bits per heavy atom. The van der Waals surface area contributed by atoms with Gasteiger partial charge in [-0.25, -0.2) is 0 Å². The minimum Gasteiger partial charge on any atom is -0.480 e. The van der Waals surface area contributed by atoms with Gasteiger partial charge >= 0.3 is 11.9 Å². The Kier molecular flexibility index (Phi) is 4.40. The zero-order chi connectivity index (χ0) is 18.8. The monoisotopic (exact) mass is 354 g/mol. The van der Waals surface area contributed by atoms with Crippen LogP contribution in [-0.4, -0.2) is 46.8 Å². The molecule has 0 aliphatic heterocycles. The molecule has 0 saturated carbocycles. The fourth-order valence-electron chi connectivity index (χ4n) is 2.73. The Morgan fingerprint density at radius 3 is 1.42 bits per heavy atom. The van der Waals surface area contributed by atoms with E-state index in [1.54, 1.807) is 0 Å². The molecule has 0 radical (unpaired) electrons. The Hall–Kier alpha value is -3.68. The Morgan fingerprint density at radius 1 is 0.692 bits per heavy atom. The summed E-state index contributed by atoms with van der Waals surface area (Å²) in [5.74, 6) is -2.79. The van der Waals surface area contributed by atoms with Crippen LogP contribution < -0.4 is 10.6 Å². The third kappa shape index (κ3) is 3.25. The summed E-state index contributed by atoms with van der Waals surface area (Å²) < 4.78 is 0. The number of benzene rings is 2. The first-order chi connectivity index (χ1) is 12.4. The molecule has 1 aliphatic carbocycles. The molecular weight excluding hydrogens is 340 g/mol. The van der Waals surface area contributed by atoms with Gasteiger partial charge in [0.05, 0.1) is 0 Å². The third-order valence-corrected chi connectivity index (χ3v) is 3.91. The van der Waals surface area contributed by atoms with Crippen LogP contribution in [0.2, 0.25) is 0 Å². The van der Waals surface area contributed by atoms with Crippen molar-refractivity contribution in [1.29, 1.82) is 0 Å². The van der Waals surface area contributed by atoms with Crippen LogP contribution in [0, 0.1) is 0 Å². The minimum absolute atomic E-state index is 0.198. The number of carboxylic acid groups (broad SMARTS) is 2. The molecule has 0 aromatic heterocycles. The van der Waals surface area contributed by atoms with Crippen molar-refractivity contribution in [2.75, 3.05) is 23.7 Å². The maximum absolute atomic E-state index is 12.7. The molecule has 2 aromatic rings. The molecule has 0 heterocycles. The molecule has 0 amide bonds. The van der Waals surface area contributed by atoms with Gasteiger partial charge in [0.1, 0.15) is 13.1 Å². The summed E-state index contributed by atoms with van der Waals surface area (Å²) in [4.78, 5) is 46.7. The normalized spacial score (nSPS) is 12.2. The van der Waals surface area contributed by atoms with Crippen LogP contribution in [0.5, 0.6) is 0 Å². The molecule has 8 nitrogen and oxygen atoms in total. The molecule has 1 aliphatic rings. The van der Waals surface area contributed by atoms with Crippen LogP contribution in [0.15, 0.2) is 36.4 Å². The first-order valence-electron chi connectivity index (χ1n) is 7.65. The van der Waals surface area contributed by atoms with Gasteiger partial charge in [-0.05, 0) is 36.4 Å². The van der Waals surface area contributed by atoms with E-state index in [0.717, 1.165) is 0 Å². The summed E-state index contributed by atoms with van der Waals surface area (Å²) >= 11 is 0. The van der Waals surface area contributed by atoms with Crippen molar-refractivity contribution < 1.29 is 29.4 Å². The molecule has 0 spiro atoms. The van der Waals surface area contributed by atoms with Gasteiger partial charge in [-0.1, -0.05) is 0 Å². The fourth-order valence-corrected chi connectivity index (χ4v) is 2.73. The standard InChI is InChI=1S/C18H14N2O6/c21-15(22)7-19-9-1-3-11-13(5-9)18(26)12-4-2-10(20-8-16(23)24)6-14(12)17(11)25/h1-6,19-20H,7-8H2,(H,21,22)(H,23,24). The Bertz CT molecular complexity index is 873. The average Bonchev–Trinajstić information content (AvgIpc) is 2.62. The largest absolute Gasteiger partial charge is 0.480 e. The summed E-state index contributed by atoms with van der Waals surface area (Å²) in [6.07, 6.45) is 0. The lowest BCUT2D eigenvalue weighted by atomic mass is 9.83. The molecule has 3 rings (SSSR count). The van der Waals surface area contributed by atoms with Crippen molar-refractivity contribution in [1.82, 2.24) is 0 Å². The highest BCUT2D eigenvalue weighted by atomic mass is 16.4. The zero-order valence-corrected chi connectivity index (χ0v) is 13.4. The number of ketones is 2. The highest BCUT2D eigenvalue weighted by molar-refractivity contribution is 6.28. The quantitative estimate of drug-likeness (QED) is 0.523. The van der Waals surface area contributed by atoms with Crippen molar-refractivity contribution in [3.05, 3.63) is 58.7 Å². The molecule has 0 saturated heterocycles. The first-order valence-corrected chi connectivity index (χ1v) is 7.65. The molecule has 26 heavy (non-hydrogen) atoms. The van der Waals surface area contributed by atoms with Crippen molar-refractivity contribution in [3.63, 3.8) is 0 Å². The maximum Gasteiger partial charge on any atom is 0.322 e. The number of rotatable bonds is 6. The topological polar surface area (TPSA) is 133 Å². The van der Waals surface area contributed by atoms with Crippen LogP contribution in [0.1, 0.15) is 31.8 Å². The molecule has 0 fully saturated rings. The highest BCUT2D eigenvalue weighted by Gasteiger charge is 2.30. The SMILES string of the molecule is O=C(O)CNc1ccc2c(c1)C(=O)c1ccc(NCC(=O)O)cc1C2=O. The van der Waals surface area contributed by atoms with E-state index < -0.39 is 11.9 Å². The lowest BCUT2D eigenvalue weighted by molar-refractivity contribution is -0.135. The summed E-state index contributed by atoms with van der Waals surface area (Å²) in [6.45, 7) is -0.619. The van der Waals surface area contributed by atoms with E-state index in [-0.39, 0.29) is 46.9 Å². The molecular formula is C18H14N2O6. The summed E-state index contributed by atoms with van der Waals surface area (Å²) in [6, 6.07) is 8.92. The van der Waals surface area contributed by atoms with Crippen LogP contribution in [0.4, 0.5) is 11.4 Å². The summed E-state index contributed by atoms with van der Waals surface area (Å²) in [7, 11) is 0. The number of fused-ring (bicyclic) bond motifs is 2. The predicted molar refractivity (Wildman–Crippen MR) is 92.0 cm³/mol. The number of aliphatic carboxylic acids is 2. The molecule has 132 valence electrons. The lowest BCUT2D eigenvalue weighted by Gasteiger charge is -2.19. The number of hydrogen-bond acceptors (Lipinski definition) is 6. The molecule has 0 bridgehead atoms. The molecule has 4 N–H and O–H groups in total. The van der Waals surface area contributed by atoms with Crippen molar-refractivity contribution in [2.24, 2.45) is 0 Å². The zero-order valence-electron chi connectivity index (χ0n) is 13.4. The average molecular weight is 354 g/mol. The van der Waals surface area contributed by atoms with Crippen LogP contribution in [0.25, 0.3) is 0 Å². The van der Waals surface area contributed by atoms with Crippen LogP contribution in [-0.2, 0) is 9.59 Å². The number of carbonyl (C=O) groups is 4. The Balaban J connectivity index is 1.94. The van der Waals surface area contributed by atoms with Gasteiger partial charge in [-0.15, -0.1) is 0 Å². The van der Waals surface area contributed by atoms with E-state index in [1.807, 2.05) is 0 Å². The second kappa shape index (κ2) is 6.67. The van der Waals surface area contributed by atoms with E-state index >= 15 is 0 Å². The first kappa shape index (κ1) is 17.2. The number of nitrogens with one attached hydrogen (secondary N) is 2. The van der Waals surface area contributed by atoms with E-state index in [4.69, 9.17) is 10.2 Å². The summed E-state index contributed by atoms with van der Waals surface area (Å²) in [5.41, 5.74) is 1.69. The third-order valence-electron chi connectivity index (χ3n) is 3.91. The van der Waals surface area contributed by atoms with E-state index in [0.29, 0.717) is 11.4 Å². The lowest BCUT2D eigenvalue weighted by Crippen LogP contribution is -2.22. The van der Waals surface area contributed by atoms with E-state index in [1.165, 1.54) is 36.4 Å². The van der Waals surface area contributed by atoms with Gasteiger partial charge in [0.25, 0.3) is 0 Å². The van der Waals surface area contributed by atoms with Gasteiger partial charge in [-0.3, -0.25) is 19.2 Å². The maximum atomic E-state index is 12.7. The van der Waals surface area contributed by atoms with Gasteiger partial charge in [0, 0.05) is 33.6 Å². The van der Waals surface area contributed by atoms with Gasteiger partial charge in [0.2, 0.25) is 0 Å². The van der Waals surface area contributed by atoms with E-state index in [9.17, 15) is 19.2 Å². The number of hydrogen-bond donors (Lipinski definition) is 4. The van der Waals surface area contributed by atoms with Gasteiger partial charge < -0.3 is 20.8 Å². The molecule has 0 atom stereocenters. The minimum atomic E-state index is -1.04. The van der Waals surface area contributed by atoms with Crippen LogP contribution in [0.3, 0.4) is 0 Å². The van der Waals surface area contributed by atoms with Gasteiger partial charge in [0.15, 0.2) is 11.6 Å². The summed E-state index contributed by atoms with van der Waals surface area (Å²) in [5, 5.41) is 22.8. The van der Waals surface area contributed by atoms with Crippen molar-refractivity contribution in [3.8, 4) is 0 Å².